The Morgan fingerprint density at radius 2 is 1.75 bits per heavy atom. The minimum absolute atomic E-state index is 0.00280. The number of anilines is 1. The summed E-state index contributed by atoms with van der Waals surface area (Å²) in [5.74, 6) is -0.826. The molecule has 0 bridgehead atoms. The van der Waals surface area contributed by atoms with Gasteiger partial charge >= 0.3 is 6.18 Å². The van der Waals surface area contributed by atoms with Crippen LogP contribution in [-0.2, 0) is 6.18 Å². The zero-order valence-corrected chi connectivity index (χ0v) is 10.5. The summed E-state index contributed by atoms with van der Waals surface area (Å²) in [6.45, 7) is 0. The summed E-state index contributed by atoms with van der Waals surface area (Å²) in [7, 11) is 1.27. The van der Waals surface area contributed by atoms with Gasteiger partial charge in [0.05, 0.1) is 12.7 Å². The van der Waals surface area contributed by atoms with E-state index in [0.717, 1.165) is 12.1 Å². The molecule has 0 saturated carbocycles. The van der Waals surface area contributed by atoms with Crippen LogP contribution in [0.4, 0.5) is 23.2 Å². The molecule has 0 saturated heterocycles. The molecule has 0 aromatic heterocycles. The molecule has 20 heavy (non-hydrogen) atoms. The molecule has 0 unspecified atom stereocenters. The van der Waals surface area contributed by atoms with Gasteiger partial charge in [-0.05, 0) is 29.3 Å². The summed E-state index contributed by atoms with van der Waals surface area (Å²) in [5.41, 5.74) is 4.29. The van der Waals surface area contributed by atoms with E-state index in [0.29, 0.717) is 0 Å². The molecular weight excluding hydrogens is 274 g/mol. The van der Waals surface area contributed by atoms with Gasteiger partial charge in [-0.1, -0.05) is 18.2 Å². The lowest BCUT2D eigenvalue weighted by Crippen LogP contribution is -2.07. The molecule has 106 valence electrons. The molecule has 0 aliphatic carbocycles. The van der Waals surface area contributed by atoms with E-state index >= 15 is 0 Å². The predicted molar refractivity (Wildman–Crippen MR) is 67.8 cm³/mol. The van der Waals surface area contributed by atoms with Crippen molar-refractivity contribution < 1.29 is 22.3 Å². The number of rotatable bonds is 2. The van der Waals surface area contributed by atoms with Crippen molar-refractivity contribution in [3.63, 3.8) is 0 Å². The van der Waals surface area contributed by atoms with Crippen molar-refractivity contribution >= 4 is 5.69 Å². The van der Waals surface area contributed by atoms with Crippen LogP contribution in [0.3, 0.4) is 0 Å². The highest BCUT2D eigenvalue weighted by Crippen LogP contribution is 2.39. The predicted octanol–water partition coefficient (Wildman–Crippen LogP) is 4.10. The van der Waals surface area contributed by atoms with Gasteiger partial charge in [0.1, 0.15) is 11.4 Å². The van der Waals surface area contributed by atoms with Crippen molar-refractivity contribution in [2.75, 3.05) is 12.8 Å². The first-order valence-electron chi connectivity index (χ1n) is 5.64. The number of halogens is 4. The number of hydrogen-bond donors (Lipinski definition) is 1. The lowest BCUT2D eigenvalue weighted by molar-refractivity contribution is -0.137. The Morgan fingerprint density at radius 3 is 2.35 bits per heavy atom. The SMILES string of the molecule is COc1cc(-c2ccccc2C(F)(F)F)cc(F)c1N. The maximum atomic E-state index is 13.7. The topological polar surface area (TPSA) is 35.2 Å². The zero-order valence-electron chi connectivity index (χ0n) is 10.5. The Hall–Kier alpha value is -2.24. The van der Waals surface area contributed by atoms with Crippen molar-refractivity contribution in [3.8, 4) is 16.9 Å². The highest BCUT2D eigenvalue weighted by Gasteiger charge is 2.33. The Balaban J connectivity index is 2.67. The number of nitrogens with two attached hydrogens (primary N) is 1. The maximum absolute atomic E-state index is 13.7. The minimum atomic E-state index is -4.53. The molecule has 0 amide bonds. The van der Waals surface area contributed by atoms with E-state index in [9.17, 15) is 17.6 Å². The summed E-state index contributed by atoms with van der Waals surface area (Å²) in [5, 5.41) is 0. The van der Waals surface area contributed by atoms with Crippen LogP contribution in [0.25, 0.3) is 11.1 Å². The average molecular weight is 285 g/mol. The Labute approximate surface area is 112 Å². The summed E-state index contributed by atoms with van der Waals surface area (Å²) < 4.78 is 57.4. The third-order valence-corrected chi connectivity index (χ3v) is 2.85. The van der Waals surface area contributed by atoms with E-state index in [1.165, 1.54) is 31.4 Å². The summed E-state index contributed by atoms with van der Waals surface area (Å²) in [4.78, 5) is 0. The summed E-state index contributed by atoms with van der Waals surface area (Å²) >= 11 is 0. The van der Waals surface area contributed by atoms with E-state index in [1.807, 2.05) is 0 Å². The highest BCUT2D eigenvalue weighted by atomic mass is 19.4. The molecule has 2 N–H and O–H groups in total. The van der Waals surface area contributed by atoms with Crippen LogP contribution in [0.1, 0.15) is 5.56 Å². The van der Waals surface area contributed by atoms with Crippen LogP contribution in [0.5, 0.6) is 5.75 Å². The lowest BCUT2D eigenvalue weighted by atomic mass is 9.98. The quantitative estimate of drug-likeness (QED) is 0.666. The van der Waals surface area contributed by atoms with Gasteiger partial charge in [-0.15, -0.1) is 0 Å². The summed E-state index contributed by atoms with van der Waals surface area (Å²) in [6.07, 6.45) is -4.53. The zero-order chi connectivity index (χ0) is 14.9. The van der Waals surface area contributed by atoms with Gasteiger partial charge < -0.3 is 10.5 Å². The normalized spacial score (nSPS) is 11.4. The largest absolute Gasteiger partial charge is 0.494 e. The first-order valence-corrected chi connectivity index (χ1v) is 5.64. The van der Waals surface area contributed by atoms with Crippen molar-refractivity contribution in [2.24, 2.45) is 0 Å². The molecule has 0 fully saturated rings. The number of benzene rings is 2. The van der Waals surface area contributed by atoms with E-state index < -0.39 is 17.6 Å². The van der Waals surface area contributed by atoms with Gasteiger partial charge in [0.2, 0.25) is 0 Å². The van der Waals surface area contributed by atoms with Gasteiger partial charge in [-0.2, -0.15) is 13.2 Å². The molecule has 0 radical (unpaired) electrons. The lowest BCUT2D eigenvalue weighted by Gasteiger charge is -2.14. The van der Waals surface area contributed by atoms with Crippen LogP contribution in [0.2, 0.25) is 0 Å². The third kappa shape index (κ3) is 2.54. The summed E-state index contributed by atoms with van der Waals surface area (Å²) in [6, 6.07) is 7.18. The van der Waals surface area contributed by atoms with E-state index in [4.69, 9.17) is 10.5 Å². The smallest absolute Gasteiger partial charge is 0.417 e. The minimum Gasteiger partial charge on any atom is -0.494 e. The van der Waals surface area contributed by atoms with Crippen LogP contribution in [-0.4, -0.2) is 7.11 Å². The molecular formula is C14H11F4NO. The number of nitrogen functional groups attached to an aromatic ring is 1. The van der Waals surface area contributed by atoms with E-state index in [2.05, 4.69) is 0 Å². The molecule has 6 heteroatoms. The second-order valence-corrected chi connectivity index (χ2v) is 4.12. The van der Waals surface area contributed by atoms with Gasteiger partial charge in [-0.25, -0.2) is 4.39 Å². The molecule has 2 nitrogen and oxygen atoms in total. The first-order chi connectivity index (χ1) is 9.34. The van der Waals surface area contributed by atoms with Crippen LogP contribution >= 0.6 is 0 Å². The fourth-order valence-corrected chi connectivity index (χ4v) is 1.90. The van der Waals surface area contributed by atoms with E-state index in [1.54, 1.807) is 0 Å². The third-order valence-electron chi connectivity index (χ3n) is 2.85. The standard InChI is InChI=1S/C14H11F4NO/c1-20-12-7-8(6-11(15)13(12)19)9-4-2-3-5-10(9)14(16,17)18/h2-7H,19H2,1H3. The molecule has 0 spiro atoms. The number of ether oxygens (including phenoxy) is 1. The molecule has 2 aromatic rings. The molecule has 0 atom stereocenters. The van der Waals surface area contributed by atoms with Gasteiger partial charge in [0.25, 0.3) is 0 Å². The molecule has 0 aliphatic rings. The Bertz CT molecular complexity index is 638. The van der Waals surface area contributed by atoms with Crippen molar-refractivity contribution in [1.29, 1.82) is 0 Å². The molecule has 2 rings (SSSR count). The van der Waals surface area contributed by atoms with Crippen molar-refractivity contribution in [1.82, 2.24) is 0 Å². The second-order valence-electron chi connectivity index (χ2n) is 4.12. The maximum Gasteiger partial charge on any atom is 0.417 e. The molecule has 0 heterocycles. The van der Waals surface area contributed by atoms with Gasteiger partial charge in [0, 0.05) is 0 Å². The number of methoxy groups -OCH3 is 1. The van der Waals surface area contributed by atoms with Gasteiger partial charge in [0.15, 0.2) is 5.82 Å². The highest BCUT2D eigenvalue weighted by molar-refractivity contribution is 5.73. The van der Waals surface area contributed by atoms with Crippen LogP contribution < -0.4 is 10.5 Å². The Morgan fingerprint density at radius 1 is 1.10 bits per heavy atom. The number of alkyl halides is 3. The fraction of sp³-hybridized carbons (Fsp3) is 0.143. The van der Waals surface area contributed by atoms with Crippen molar-refractivity contribution in [3.05, 3.63) is 47.8 Å². The fourth-order valence-electron chi connectivity index (χ4n) is 1.90. The van der Waals surface area contributed by atoms with Crippen molar-refractivity contribution in [2.45, 2.75) is 6.18 Å². The van der Waals surface area contributed by atoms with Crippen LogP contribution in [0.15, 0.2) is 36.4 Å². The van der Waals surface area contributed by atoms with E-state index in [-0.39, 0.29) is 22.6 Å². The molecule has 2 aromatic carbocycles. The first kappa shape index (κ1) is 14.2. The van der Waals surface area contributed by atoms with Gasteiger partial charge in [-0.3, -0.25) is 0 Å². The Kier molecular flexibility index (Phi) is 3.57. The monoisotopic (exact) mass is 285 g/mol. The second kappa shape index (κ2) is 5.03. The molecule has 0 aliphatic heterocycles. The average Bonchev–Trinajstić information content (AvgIpc) is 2.40. The van der Waals surface area contributed by atoms with Crippen LogP contribution in [0, 0.1) is 5.82 Å². The number of hydrogen-bond acceptors (Lipinski definition) is 2.